The first-order valence-corrected chi connectivity index (χ1v) is 8.74. The molecule has 0 aromatic rings. The molecular weight excluding hydrogens is 296 g/mol. The normalized spacial score (nSPS) is 34.5. The Morgan fingerprint density at radius 1 is 1.26 bits per heavy atom. The van der Waals surface area contributed by atoms with Crippen molar-refractivity contribution in [3.05, 3.63) is 0 Å². The number of carbonyl (C=O) groups excluding carboxylic acids is 2. The summed E-state index contributed by atoms with van der Waals surface area (Å²) < 4.78 is 16.2. The predicted octanol–water partition coefficient (Wildman–Crippen LogP) is 3.10. The quantitative estimate of drug-likeness (QED) is 0.702. The van der Waals surface area contributed by atoms with E-state index in [9.17, 15) is 9.59 Å². The molecule has 2 fully saturated rings. The van der Waals surface area contributed by atoms with Crippen LogP contribution >= 0.6 is 0 Å². The van der Waals surface area contributed by atoms with Gasteiger partial charge in [-0.05, 0) is 50.4 Å². The summed E-state index contributed by atoms with van der Waals surface area (Å²) in [6.45, 7) is 6.32. The third-order valence-electron chi connectivity index (χ3n) is 5.93. The molecule has 0 spiro atoms. The van der Waals surface area contributed by atoms with E-state index in [0.29, 0.717) is 24.9 Å². The van der Waals surface area contributed by atoms with Crippen LogP contribution in [0.5, 0.6) is 0 Å². The minimum absolute atomic E-state index is 0.0542. The summed E-state index contributed by atoms with van der Waals surface area (Å²) in [5.74, 6) is 0.464. The molecule has 5 atom stereocenters. The maximum Gasteiger partial charge on any atom is 0.307 e. The van der Waals surface area contributed by atoms with Gasteiger partial charge in [0, 0.05) is 12.8 Å². The Hall–Kier alpha value is -1.10. The summed E-state index contributed by atoms with van der Waals surface area (Å²) in [6, 6.07) is 0. The van der Waals surface area contributed by atoms with E-state index >= 15 is 0 Å². The summed E-state index contributed by atoms with van der Waals surface area (Å²) >= 11 is 0. The van der Waals surface area contributed by atoms with Crippen molar-refractivity contribution in [3.63, 3.8) is 0 Å². The molecule has 0 saturated heterocycles. The lowest BCUT2D eigenvalue weighted by Gasteiger charge is -2.45. The third kappa shape index (κ3) is 4.06. The fourth-order valence-corrected chi connectivity index (χ4v) is 4.83. The molecule has 2 saturated carbocycles. The number of carbonyl (C=O) groups is 2. The Morgan fingerprint density at radius 3 is 2.65 bits per heavy atom. The second-order valence-electron chi connectivity index (χ2n) is 7.24. The van der Waals surface area contributed by atoms with Gasteiger partial charge in [-0.3, -0.25) is 9.59 Å². The number of hydrogen-bond acceptors (Lipinski definition) is 5. The molecule has 2 rings (SSSR count). The first-order valence-electron chi connectivity index (χ1n) is 8.74. The van der Waals surface area contributed by atoms with E-state index in [-0.39, 0.29) is 29.6 Å². The van der Waals surface area contributed by atoms with Crippen molar-refractivity contribution < 1.29 is 23.8 Å². The van der Waals surface area contributed by atoms with Gasteiger partial charge in [0.2, 0.25) is 0 Å². The Labute approximate surface area is 139 Å². The van der Waals surface area contributed by atoms with Crippen LogP contribution in [0.15, 0.2) is 0 Å². The van der Waals surface area contributed by atoms with E-state index in [1.54, 1.807) is 0 Å². The number of esters is 2. The fraction of sp³-hybridized carbons (Fsp3) is 0.889. The number of hydrogen-bond donors (Lipinski definition) is 0. The molecule has 5 nitrogen and oxygen atoms in total. The zero-order valence-corrected chi connectivity index (χ0v) is 14.8. The van der Waals surface area contributed by atoms with Crippen molar-refractivity contribution in [1.29, 1.82) is 0 Å². The Balaban J connectivity index is 1.96. The smallest absolute Gasteiger partial charge is 0.307 e. The van der Waals surface area contributed by atoms with Crippen molar-refractivity contribution >= 4 is 11.9 Å². The van der Waals surface area contributed by atoms with Gasteiger partial charge >= 0.3 is 11.9 Å². The van der Waals surface area contributed by atoms with Gasteiger partial charge in [0.15, 0.2) is 0 Å². The minimum atomic E-state index is -0.236. The Bertz CT molecular complexity index is 435. The lowest BCUT2D eigenvalue weighted by Crippen LogP contribution is -2.44. The van der Waals surface area contributed by atoms with Crippen LogP contribution in [0.2, 0.25) is 0 Å². The highest BCUT2D eigenvalue weighted by Crippen LogP contribution is 2.57. The van der Waals surface area contributed by atoms with E-state index in [4.69, 9.17) is 9.47 Å². The van der Waals surface area contributed by atoms with Crippen molar-refractivity contribution in [2.24, 2.45) is 17.3 Å². The van der Waals surface area contributed by atoms with Gasteiger partial charge in [-0.15, -0.1) is 0 Å². The van der Waals surface area contributed by atoms with Crippen LogP contribution in [0.25, 0.3) is 0 Å². The largest absolute Gasteiger partial charge is 0.469 e. The van der Waals surface area contributed by atoms with E-state index in [1.807, 2.05) is 0 Å². The molecule has 0 aliphatic heterocycles. The van der Waals surface area contributed by atoms with E-state index in [2.05, 4.69) is 18.6 Å². The zero-order chi connectivity index (χ0) is 17.0. The van der Waals surface area contributed by atoms with Gasteiger partial charge in [-0.25, -0.2) is 0 Å². The molecule has 2 aliphatic rings. The van der Waals surface area contributed by atoms with Gasteiger partial charge in [-0.2, -0.15) is 0 Å². The van der Waals surface area contributed by atoms with E-state index in [1.165, 1.54) is 14.0 Å². The second kappa shape index (κ2) is 7.65. The zero-order valence-electron chi connectivity index (χ0n) is 14.8. The number of fused-ring (bicyclic) bond motifs is 1. The highest BCUT2D eigenvalue weighted by atomic mass is 16.5. The van der Waals surface area contributed by atoms with Crippen LogP contribution in [-0.2, 0) is 23.8 Å². The van der Waals surface area contributed by atoms with Crippen LogP contribution in [0.3, 0.4) is 0 Å². The average molecular weight is 326 g/mol. The molecule has 0 radical (unpaired) electrons. The van der Waals surface area contributed by atoms with Crippen molar-refractivity contribution in [2.45, 2.75) is 71.5 Å². The van der Waals surface area contributed by atoms with Crippen LogP contribution in [-0.4, -0.2) is 37.9 Å². The van der Waals surface area contributed by atoms with Gasteiger partial charge in [-0.1, -0.05) is 6.92 Å². The van der Waals surface area contributed by atoms with Gasteiger partial charge in [0.25, 0.3) is 0 Å². The summed E-state index contributed by atoms with van der Waals surface area (Å²) in [5.41, 5.74) is 0.156. The maximum absolute atomic E-state index is 11.4. The molecule has 0 heterocycles. The molecule has 5 heteroatoms. The number of ether oxygens (including phenoxy) is 3. The molecule has 5 unspecified atom stereocenters. The highest BCUT2D eigenvalue weighted by Gasteiger charge is 2.53. The van der Waals surface area contributed by atoms with Crippen LogP contribution < -0.4 is 0 Å². The summed E-state index contributed by atoms with van der Waals surface area (Å²) in [7, 11) is 1.39. The van der Waals surface area contributed by atoms with E-state index in [0.717, 1.165) is 32.1 Å². The molecule has 0 aromatic carbocycles. The van der Waals surface area contributed by atoms with Crippen molar-refractivity contribution in [1.82, 2.24) is 0 Å². The van der Waals surface area contributed by atoms with Crippen LogP contribution in [0.4, 0.5) is 0 Å². The van der Waals surface area contributed by atoms with Gasteiger partial charge < -0.3 is 14.2 Å². The van der Waals surface area contributed by atoms with Crippen molar-refractivity contribution in [2.75, 3.05) is 13.7 Å². The molecule has 132 valence electrons. The van der Waals surface area contributed by atoms with Crippen molar-refractivity contribution in [3.8, 4) is 0 Å². The number of rotatable bonds is 6. The third-order valence-corrected chi connectivity index (χ3v) is 5.93. The number of methoxy groups -OCH3 is 1. The lowest BCUT2D eigenvalue weighted by molar-refractivity contribution is -0.156. The highest BCUT2D eigenvalue weighted by molar-refractivity contribution is 5.69. The average Bonchev–Trinajstić information content (AvgIpc) is 2.84. The van der Waals surface area contributed by atoms with Crippen LogP contribution in [0.1, 0.15) is 59.3 Å². The molecule has 0 aromatic heterocycles. The molecule has 2 aliphatic carbocycles. The monoisotopic (exact) mass is 326 g/mol. The topological polar surface area (TPSA) is 61.8 Å². The minimum Gasteiger partial charge on any atom is -0.469 e. The van der Waals surface area contributed by atoms with Crippen LogP contribution in [0, 0.1) is 17.3 Å². The molecular formula is C18H30O5. The van der Waals surface area contributed by atoms with Gasteiger partial charge in [0.1, 0.15) is 6.10 Å². The summed E-state index contributed by atoms with van der Waals surface area (Å²) in [5, 5.41) is 0. The maximum atomic E-state index is 11.4. The Kier molecular flexibility index (Phi) is 6.06. The molecule has 0 bridgehead atoms. The molecule has 0 N–H and O–H groups in total. The van der Waals surface area contributed by atoms with Gasteiger partial charge in [0.05, 0.1) is 26.2 Å². The standard InChI is InChI=1S/C18H30O5/c1-12(22-11-9-17(20)21-4)14-7-8-15-16(23-13(2)19)6-5-10-18(14,15)3/h12,14-16H,5-11H2,1-4H3. The lowest BCUT2D eigenvalue weighted by atomic mass is 9.63. The van der Waals surface area contributed by atoms with E-state index < -0.39 is 0 Å². The fourth-order valence-electron chi connectivity index (χ4n) is 4.83. The first-order chi connectivity index (χ1) is 10.9. The molecule has 23 heavy (non-hydrogen) atoms. The SMILES string of the molecule is COC(=O)CCOC(C)C1CCC2C(OC(C)=O)CCCC12C. The Morgan fingerprint density at radius 2 is 2.00 bits per heavy atom. The predicted molar refractivity (Wildman–Crippen MR) is 85.8 cm³/mol. The second-order valence-corrected chi connectivity index (χ2v) is 7.24. The first kappa shape index (κ1) is 18.2. The summed E-state index contributed by atoms with van der Waals surface area (Å²) in [4.78, 5) is 22.6. The summed E-state index contributed by atoms with van der Waals surface area (Å²) in [6.07, 6.45) is 5.86. The molecule has 0 amide bonds.